The van der Waals surface area contributed by atoms with Gasteiger partial charge in [0.2, 0.25) is 11.8 Å². The van der Waals surface area contributed by atoms with Crippen molar-refractivity contribution < 1.29 is 19.1 Å². The Balaban J connectivity index is 1.83. The van der Waals surface area contributed by atoms with Gasteiger partial charge in [0, 0.05) is 7.11 Å². The standard InChI is InChI=1S/C11H13NO4/c1-15-5-4-12-10(13)8-6-2-3-7(16-6)9(8)11(12)14/h2-3,6-9H,4-5H2,1H3/t6-,7+,8-,9+. The van der Waals surface area contributed by atoms with Crippen LogP contribution in [0.2, 0.25) is 0 Å². The first-order chi connectivity index (χ1) is 7.74. The SMILES string of the molecule is COCCN1C(=O)[C@@H]2[C@H](C1=O)[C@H]1C=C[C@@H]2O1. The zero-order valence-electron chi connectivity index (χ0n) is 8.96. The van der Waals surface area contributed by atoms with Gasteiger partial charge in [-0.1, -0.05) is 12.2 Å². The Kier molecular flexibility index (Phi) is 2.12. The normalized spacial score (nSPS) is 39.9. The second-order valence-electron chi connectivity index (χ2n) is 4.32. The van der Waals surface area contributed by atoms with Crippen LogP contribution in [0.3, 0.4) is 0 Å². The first kappa shape index (κ1) is 9.99. The van der Waals surface area contributed by atoms with Crippen LogP contribution >= 0.6 is 0 Å². The minimum Gasteiger partial charge on any atom is -0.383 e. The molecule has 0 radical (unpaired) electrons. The number of carbonyl (C=O) groups is 2. The van der Waals surface area contributed by atoms with Crippen molar-refractivity contribution in [2.45, 2.75) is 12.2 Å². The lowest BCUT2D eigenvalue weighted by atomic mass is 9.85. The molecule has 5 nitrogen and oxygen atoms in total. The molecule has 16 heavy (non-hydrogen) atoms. The zero-order valence-corrected chi connectivity index (χ0v) is 8.96. The van der Waals surface area contributed by atoms with Crippen LogP contribution in [-0.4, -0.2) is 49.2 Å². The van der Waals surface area contributed by atoms with Crippen molar-refractivity contribution in [3.8, 4) is 0 Å². The van der Waals surface area contributed by atoms with Gasteiger partial charge < -0.3 is 9.47 Å². The van der Waals surface area contributed by atoms with Crippen molar-refractivity contribution in [3.05, 3.63) is 12.2 Å². The maximum Gasteiger partial charge on any atom is 0.236 e. The molecule has 0 aliphatic carbocycles. The number of methoxy groups -OCH3 is 1. The van der Waals surface area contributed by atoms with Crippen LogP contribution in [0.5, 0.6) is 0 Å². The fourth-order valence-corrected chi connectivity index (χ4v) is 2.77. The zero-order chi connectivity index (χ0) is 11.3. The molecule has 3 aliphatic rings. The monoisotopic (exact) mass is 223 g/mol. The topological polar surface area (TPSA) is 55.8 Å². The molecule has 2 fully saturated rings. The van der Waals surface area contributed by atoms with Gasteiger partial charge in [-0.2, -0.15) is 0 Å². The molecule has 0 spiro atoms. The van der Waals surface area contributed by atoms with Crippen molar-refractivity contribution in [1.29, 1.82) is 0 Å². The van der Waals surface area contributed by atoms with Gasteiger partial charge in [0.1, 0.15) is 0 Å². The highest BCUT2D eigenvalue weighted by Gasteiger charge is 2.60. The Hall–Kier alpha value is -1.20. The molecule has 4 atom stereocenters. The summed E-state index contributed by atoms with van der Waals surface area (Å²) in [5, 5.41) is 0. The van der Waals surface area contributed by atoms with E-state index in [-0.39, 0.29) is 35.9 Å². The molecule has 0 aromatic carbocycles. The number of hydrogen-bond acceptors (Lipinski definition) is 4. The summed E-state index contributed by atoms with van der Waals surface area (Å²) in [7, 11) is 1.56. The van der Waals surface area contributed by atoms with Gasteiger partial charge in [-0.3, -0.25) is 14.5 Å². The summed E-state index contributed by atoms with van der Waals surface area (Å²) in [6.45, 7) is 0.737. The number of nitrogens with zero attached hydrogens (tertiary/aromatic N) is 1. The molecule has 0 N–H and O–H groups in total. The predicted molar refractivity (Wildman–Crippen MR) is 53.4 cm³/mol. The summed E-state index contributed by atoms with van der Waals surface area (Å²) in [6.07, 6.45) is 3.38. The highest BCUT2D eigenvalue weighted by atomic mass is 16.5. The van der Waals surface area contributed by atoms with E-state index in [2.05, 4.69) is 0 Å². The third kappa shape index (κ3) is 1.13. The van der Waals surface area contributed by atoms with E-state index in [1.807, 2.05) is 12.2 Å². The fourth-order valence-electron chi connectivity index (χ4n) is 2.77. The van der Waals surface area contributed by atoms with E-state index < -0.39 is 0 Å². The summed E-state index contributed by atoms with van der Waals surface area (Å²) >= 11 is 0. The maximum atomic E-state index is 12.0. The Labute approximate surface area is 93.0 Å². The van der Waals surface area contributed by atoms with Crippen LogP contribution in [0, 0.1) is 11.8 Å². The van der Waals surface area contributed by atoms with Crippen LogP contribution in [0.15, 0.2) is 12.2 Å². The van der Waals surface area contributed by atoms with Gasteiger partial charge in [-0.25, -0.2) is 0 Å². The highest BCUT2D eigenvalue weighted by molar-refractivity contribution is 6.06. The number of carbonyl (C=O) groups excluding carboxylic acids is 2. The molecule has 2 amide bonds. The van der Waals surface area contributed by atoms with Gasteiger partial charge in [-0.05, 0) is 0 Å². The molecule has 3 rings (SSSR count). The van der Waals surface area contributed by atoms with Gasteiger partial charge >= 0.3 is 0 Å². The molecule has 0 aromatic heterocycles. The van der Waals surface area contributed by atoms with Crippen molar-refractivity contribution >= 4 is 11.8 Å². The third-order valence-corrected chi connectivity index (χ3v) is 3.52. The lowest BCUT2D eigenvalue weighted by Gasteiger charge is -2.16. The van der Waals surface area contributed by atoms with E-state index in [9.17, 15) is 9.59 Å². The van der Waals surface area contributed by atoms with E-state index in [1.165, 1.54) is 4.90 Å². The summed E-state index contributed by atoms with van der Waals surface area (Å²) < 4.78 is 10.4. The van der Waals surface area contributed by atoms with Crippen LogP contribution in [0.25, 0.3) is 0 Å². The summed E-state index contributed by atoms with van der Waals surface area (Å²) in [4.78, 5) is 25.4. The van der Waals surface area contributed by atoms with Crippen molar-refractivity contribution in [2.24, 2.45) is 11.8 Å². The molecule has 5 heteroatoms. The van der Waals surface area contributed by atoms with Crippen LogP contribution in [0.4, 0.5) is 0 Å². The quantitative estimate of drug-likeness (QED) is 0.481. The molecular weight excluding hydrogens is 210 g/mol. The lowest BCUT2D eigenvalue weighted by molar-refractivity contribution is -0.143. The number of amides is 2. The Morgan fingerprint density at radius 2 is 1.81 bits per heavy atom. The first-order valence-electron chi connectivity index (χ1n) is 5.42. The average molecular weight is 223 g/mol. The predicted octanol–water partition coefficient (Wildman–Crippen LogP) is -0.429. The molecule has 3 aliphatic heterocycles. The number of hydrogen-bond donors (Lipinski definition) is 0. The molecular formula is C11H13NO4. The van der Waals surface area contributed by atoms with Gasteiger partial charge in [-0.15, -0.1) is 0 Å². The van der Waals surface area contributed by atoms with Gasteiger partial charge in [0.05, 0.1) is 37.2 Å². The summed E-state index contributed by atoms with van der Waals surface area (Å²) in [5.41, 5.74) is 0. The number of imide groups is 1. The van der Waals surface area contributed by atoms with Gasteiger partial charge in [0.25, 0.3) is 0 Å². The minimum absolute atomic E-state index is 0.107. The van der Waals surface area contributed by atoms with E-state index in [0.29, 0.717) is 13.2 Å². The third-order valence-electron chi connectivity index (χ3n) is 3.52. The molecule has 2 bridgehead atoms. The molecule has 0 saturated carbocycles. The lowest BCUT2D eigenvalue weighted by Crippen LogP contribution is -2.36. The molecule has 2 saturated heterocycles. The van der Waals surface area contributed by atoms with Crippen molar-refractivity contribution in [1.82, 2.24) is 4.90 Å². The van der Waals surface area contributed by atoms with E-state index >= 15 is 0 Å². The van der Waals surface area contributed by atoms with Crippen LogP contribution in [0.1, 0.15) is 0 Å². The molecule has 0 unspecified atom stereocenters. The number of fused-ring (bicyclic) bond motifs is 5. The van der Waals surface area contributed by atoms with Crippen LogP contribution in [-0.2, 0) is 19.1 Å². The fraction of sp³-hybridized carbons (Fsp3) is 0.636. The molecule has 0 aromatic rings. The second kappa shape index (κ2) is 3.40. The largest absolute Gasteiger partial charge is 0.383 e. The maximum absolute atomic E-state index is 12.0. The molecule has 86 valence electrons. The summed E-state index contributed by atoms with van der Waals surface area (Å²) in [6, 6.07) is 0. The van der Waals surface area contributed by atoms with E-state index in [4.69, 9.17) is 9.47 Å². The number of rotatable bonds is 3. The van der Waals surface area contributed by atoms with E-state index in [1.54, 1.807) is 7.11 Å². The Morgan fingerprint density at radius 1 is 1.25 bits per heavy atom. The second-order valence-corrected chi connectivity index (χ2v) is 4.32. The minimum atomic E-state index is -0.292. The number of likely N-dealkylation sites (tertiary alicyclic amines) is 1. The smallest absolute Gasteiger partial charge is 0.236 e. The van der Waals surface area contributed by atoms with Crippen molar-refractivity contribution in [3.63, 3.8) is 0 Å². The number of ether oxygens (including phenoxy) is 2. The first-order valence-corrected chi connectivity index (χ1v) is 5.42. The van der Waals surface area contributed by atoms with Gasteiger partial charge in [0.15, 0.2) is 0 Å². The van der Waals surface area contributed by atoms with Crippen molar-refractivity contribution in [2.75, 3.05) is 20.3 Å². The van der Waals surface area contributed by atoms with Crippen LogP contribution < -0.4 is 0 Å². The summed E-state index contributed by atoms with van der Waals surface area (Å²) in [5.74, 6) is -0.800. The Bertz CT molecular complexity index is 348. The average Bonchev–Trinajstić information content (AvgIpc) is 2.92. The van der Waals surface area contributed by atoms with E-state index in [0.717, 1.165) is 0 Å². The Morgan fingerprint density at radius 3 is 2.31 bits per heavy atom. The molecule has 3 heterocycles. The highest BCUT2D eigenvalue weighted by Crippen LogP contribution is 2.44.